The van der Waals surface area contributed by atoms with E-state index < -0.39 is 11.8 Å². The van der Waals surface area contributed by atoms with E-state index in [1.807, 2.05) is 19.1 Å². The van der Waals surface area contributed by atoms with Crippen molar-refractivity contribution in [2.24, 2.45) is 11.5 Å². The highest BCUT2D eigenvalue weighted by Crippen LogP contribution is 2.34. The Morgan fingerprint density at radius 1 is 1.06 bits per heavy atom. The Morgan fingerprint density at radius 3 is 2.42 bits per heavy atom. The molecule has 0 unspecified atom stereocenters. The molecule has 4 rings (SSSR count). The van der Waals surface area contributed by atoms with E-state index in [1.165, 1.54) is 0 Å². The van der Waals surface area contributed by atoms with Crippen LogP contribution in [0.15, 0.2) is 54.7 Å². The van der Waals surface area contributed by atoms with E-state index in [9.17, 15) is 9.59 Å². The summed E-state index contributed by atoms with van der Waals surface area (Å²) in [5.74, 6) is -1.45. The summed E-state index contributed by atoms with van der Waals surface area (Å²) < 4.78 is 1.74. The van der Waals surface area contributed by atoms with Gasteiger partial charge in [-0.25, -0.2) is 4.98 Å². The topological polar surface area (TPSA) is 141 Å². The SMILES string of the molecule is Cc1c(-c2c(C(N)=O)nc3ccccc3c2C(N)=O)cnn1Cc1ccc(C#N)cc1. The number of aromatic nitrogens is 3. The van der Waals surface area contributed by atoms with Crippen molar-refractivity contribution in [1.82, 2.24) is 14.8 Å². The molecule has 0 aliphatic rings. The summed E-state index contributed by atoms with van der Waals surface area (Å²) in [6, 6.07) is 16.2. The predicted molar refractivity (Wildman–Crippen MR) is 115 cm³/mol. The molecule has 2 heterocycles. The van der Waals surface area contributed by atoms with E-state index in [4.69, 9.17) is 16.7 Å². The van der Waals surface area contributed by atoms with Crippen molar-refractivity contribution < 1.29 is 9.59 Å². The lowest BCUT2D eigenvalue weighted by atomic mass is 9.94. The van der Waals surface area contributed by atoms with Crippen molar-refractivity contribution in [3.63, 3.8) is 0 Å². The first-order valence-corrected chi connectivity index (χ1v) is 9.45. The standard InChI is InChI=1S/C23H18N6O2/c1-13-17(11-27-29(13)12-15-8-6-14(10-24)7-9-15)19-20(22(25)30)16-4-2-3-5-18(16)28-21(19)23(26)31/h2-9,11H,12H2,1H3,(H2,25,30)(H2,26,31). The third-order valence-corrected chi connectivity index (χ3v) is 5.16. The van der Waals surface area contributed by atoms with E-state index in [-0.39, 0.29) is 16.8 Å². The predicted octanol–water partition coefficient (Wildman–Crippen LogP) is 2.52. The number of fused-ring (bicyclic) bond motifs is 1. The van der Waals surface area contributed by atoms with Crippen molar-refractivity contribution >= 4 is 22.7 Å². The second-order valence-corrected chi connectivity index (χ2v) is 7.07. The maximum atomic E-state index is 12.4. The Hall–Kier alpha value is -4.51. The van der Waals surface area contributed by atoms with Gasteiger partial charge in [-0.15, -0.1) is 0 Å². The van der Waals surface area contributed by atoms with E-state index in [2.05, 4.69) is 16.2 Å². The molecule has 0 aliphatic carbocycles. The molecule has 0 atom stereocenters. The molecule has 0 radical (unpaired) electrons. The third kappa shape index (κ3) is 3.49. The highest BCUT2D eigenvalue weighted by molar-refractivity contribution is 6.15. The Balaban J connectivity index is 1.90. The van der Waals surface area contributed by atoms with Gasteiger partial charge in [-0.3, -0.25) is 14.3 Å². The summed E-state index contributed by atoms with van der Waals surface area (Å²) in [5.41, 5.74) is 15.0. The molecule has 0 fully saturated rings. The molecule has 4 N–H and O–H groups in total. The minimum absolute atomic E-state index is 0.0338. The molecule has 0 spiro atoms. The quantitative estimate of drug-likeness (QED) is 0.520. The van der Waals surface area contributed by atoms with Gasteiger partial charge in [0.2, 0.25) is 5.91 Å². The number of benzene rings is 2. The van der Waals surface area contributed by atoms with Crippen LogP contribution in [-0.4, -0.2) is 26.6 Å². The van der Waals surface area contributed by atoms with Crippen molar-refractivity contribution in [3.05, 3.63) is 82.8 Å². The number of amides is 2. The van der Waals surface area contributed by atoms with Crippen LogP contribution in [0.3, 0.4) is 0 Å². The van der Waals surface area contributed by atoms with E-state index in [0.717, 1.165) is 5.56 Å². The van der Waals surface area contributed by atoms with Gasteiger partial charge in [-0.1, -0.05) is 30.3 Å². The first kappa shape index (κ1) is 19.8. The summed E-state index contributed by atoms with van der Waals surface area (Å²) in [6.07, 6.45) is 1.57. The molecular formula is C23H18N6O2. The van der Waals surface area contributed by atoms with Crippen molar-refractivity contribution in [3.8, 4) is 17.2 Å². The first-order valence-electron chi connectivity index (χ1n) is 9.45. The number of carbonyl (C=O) groups is 2. The van der Waals surface area contributed by atoms with Crippen LogP contribution in [0.4, 0.5) is 0 Å². The number of nitrogens with two attached hydrogens (primary N) is 2. The van der Waals surface area contributed by atoms with Crippen LogP contribution in [-0.2, 0) is 6.54 Å². The number of pyridine rings is 1. The van der Waals surface area contributed by atoms with E-state index in [1.54, 1.807) is 47.3 Å². The average Bonchev–Trinajstić information content (AvgIpc) is 3.12. The lowest BCUT2D eigenvalue weighted by Gasteiger charge is -2.14. The smallest absolute Gasteiger partial charge is 0.267 e. The number of nitriles is 1. The van der Waals surface area contributed by atoms with Crippen molar-refractivity contribution in [1.29, 1.82) is 5.26 Å². The van der Waals surface area contributed by atoms with E-state index >= 15 is 0 Å². The third-order valence-electron chi connectivity index (χ3n) is 5.16. The zero-order chi connectivity index (χ0) is 22.1. The second kappa shape index (κ2) is 7.72. The monoisotopic (exact) mass is 410 g/mol. The lowest BCUT2D eigenvalue weighted by molar-refractivity contribution is 0.0996. The van der Waals surface area contributed by atoms with Gasteiger partial charge in [0, 0.05) is 22.2 Å². The largest absolute Gasteiger partial charge is 0.366 e. The van der Waals surface area contributed by atoms with Gasteiger partial charge in [0.15, 0.2) is 0 Å². The minimum atomic E-state index is -0.762. The fourth-order valence-corrected chi connectivity index (χ4v) is 3.62. The molecule has 152 valence electrons. The van der Waals surface area contributed by atoms with Gasteiger partial charge in [0.05, 0.1) is 35.5 Å². The Kier molecular flexibility index (Phi) is 4.93. The van der Waals surface area contributed by atoms with Crippen LogP contribution in [0.25, 0.3) is 22.0 Å². The van der Waals surface area contributed by atoms with Gasteiger partial charge < -0.3 is 11.5 Å². The molecule has 0 saturated carbocycles. The van der Waals surface area contributed by atoms with Gasteiger partial charge >= 0.3 is 0 Å². The molecule has 0 bridgehead atoms. The summed E-state index contributed by atoms with van der Waals surface area (Å²) >= 11 is 0. The Bertz CT molecular complexity index is 1380. The molecule has 2 aromatic heterocycles. The Labute approximate surface area is 177 Å². The number of primary amides is 2. The number of rotatable bonds is 5. The molecule has 2 aromatic carbocycles. The number of para-hydroxylation sites is 1. The van der Waals surface area contributed by atoms with Crippen LogP contribution in [0, 0.1) is 18.3 Å². The van der Waals surface area contributed by atoms with Gasteiger partial charge in [0.25, 0.3) is 5.91 Å². The maximum absolute atomic E-state index is 12.4. The zero-order valence-electron chi connectivity index (χ0n) is 16.7. The molecular weight excluding hydrogens is 392 g/mol. The van der Waals surface area contributed by atoms with Gasteiger partial charge in [0.1, 0.15) is 5.69 Å². The molecule has 8 heteroatoms. The van der Waals surface area contributed by atoms with Crippen LogP contribution in [0.1, 0.15) is 37.7 Å². The highest BCUT2D eigenvalue weighted by Gasteiger charge is 2.25. The summed E-state index contributed by atoms with van der Waals surface area (Å²) in [7, 11) is 0. The number of nitrogens with zero attached hydrogens (tertiary/aromatic N) is 4. The van der Waals surface area contributed by atoms with Crippen LogP contribution in [0.2, 0.25) is 0 Å². The number of hydrogen-bond acceptors (Lipinski definition) is 5. The maximum Gasteiger partial charge on any atom is 0.267 e. The average molecular weight is 410 g/mol. The van der Waals surface area contributed by atoms with Crippen LogP contribution >= 0.6 is 0 Å². The fourth-order valence-electron chi connectivity index (χ4n) is 3.62. The fraction of sp³-hybridized carbons (Fsp3) is 0.0870. The van der Waals surface area contributed by atoms with Gasteiger partial charge in [-0.05, 0) is 30.7 Å². The molecule has 0 saturated heterocycles. The number of hydrogen-bond donors (Lipinski definition) is 2. The van der Waals surface area contributed by atoms with Crippen molar-refractivity contribution in [2.75, 3.05) is 0 Å². The Morgan fingerprint density at radius 2 is 1.77 bits per heavy atom. The van der Waals surface area contributed by atoms with Crippen LogP contribution in [0.5, 0.6) is 0 Å². The summed E-state index contributed by atoms with van der Waals surface area (Å²) in [5, 5.41) is 13.9. The molecule has 2 amide bonds. The highest BCUT2D eigenvalue weighted by atomic mass is 16.1. The summed E-state index contributed by atoms with van der Waals surface area (Å²) in [6.45, 7) is 2.27. The van der Waals surface area contributed by atoms with Crippen molar-refractivity contribution in [2.45, 2.75) is 13.5 Å². The normalized spacial score (nSPS) is 10.7. The second-order valence-electron chi connectivity index (χ2n) is 7.07. The first-order chi connectivity index (χ1) is 14.9. The zero-order valence-corrected chi connectivity index (χ0v) is 16.7. The van der Waals surface area contributed by atoms with Crippen LogP contribution < -0.4 is 11.5 Å². The molecule has 4 aromatic rings. The van der Waals surface area contributed by atoms with E-state index in [0.29, 0.717) is 34.3 Å². The number of carbonyl (C=O) groups excluding carboxylic acids is 2. The molecule has 0 aliphatic heterocycles. The summed E-state index contributed by atoms with van der Waals surface area (Å²) in [4.78, 5) is 29.1. The lowest BCUT2D eigenvalue weighted by Crippen LogP contribution is -2.20. The minimum Gasteiger partial charge on any atom is -0.366 e. The molecule has 8 nitrogen and oxygen atoms in total. The van der Waals surface area contributed by atoms with Gasteiger partial charge in [-0.2, -0.15) is 10.4 Å². The molecule has 31 heavy (non-hydrogen) atoms.